The van der Waals surface area contributed by atoms with Crippen molar-refractivity contribution < 1.29 is 4.74 Å². The second kappa shape index (κ2) is 9.96. The molecule has 1 heterocycles. The molecule has 1 aromatic carbocycles. The normalized spacial score (nSPS) is 12.5. The molecule has 0 spiro atoms. The highest BCUT2D eigenvalue weighted by atomic mass is 35.5. The number of imidazole rings is 1. The van der Waals surface area contributed by atoms with Crippen molar-refractivity contribution in [2.75, 3.05) is 0 Å². The standard InChI is InChI=1S/C18H24Cl2N2O/c1-2-3-4-5-6-17(12-22-10-9-21-14-22)23-13-15-7-8-16(19)11-18(15)20/h7-11,14,17H,2-6,12-13H2,1H3/t17-/m0/s1. The first-order valence-corrected chi connectivity index (χ1v) is 8.96. The molecule has 0 amide bonds. The molecule has 1 atom stereocenters. The number of ether oxygens (including phenoxy) is 1. The number of halogens is 2. The smallest absolute Gasteiger partial charge is 0.0946 e. The molecule has 2 aromatic rings. The fourth-order valence-corrected chi connectivity index (χ4v) is 2.97. The molecule has 1 aromatic heterocycles. The molecule has 2 rings (SSSR count). The van der Waals surface area contributed by atoms with E-state index in [4.69, 9.17) is 27.9 Å². The Kier molecular flexibility index (Phi) is 7.93. The van der Waals surface area contributed by atoms with Crippen molar-refractivity contribution in [2.45, 2.75) is 58.3 Å². The molecule has 126 valence electrons. The lowest BCUT2D eigenvalue weighted by Gasteiger charge is -2.19. The molecule has 0 unspecified atom stereocenters. The number of nitrogens with zero attached hydrogens (tertiary/aromatic N) is 2. The minimum atomic E-state index is 0.160. The summed E-state index contributed by atoms with van der Waals surface area (Å²) < 4.78 is 8.19. The third kappa shape index (κ3) is 6.54. The zero-order valence-corrected chi connectivity index (χ0v) is 15.1. The summed E-state index contributed by atoms with van der Waals surface area (Å²) in [5, 5.41) is 1.30. The molecular weight excluding hydrogens is 331 g/mol. The SMILES string of the molecule is CCCCCC[C@@H](Cn1ccnc1)OCc1ccc(Cl)cc1Cl. The lowest BCUT2D eigenvalue weighted by Crippen LogP contribution is -2.19. The summed E-state index contributed by atoms with van der Waals surface area (Å²) in [6.45, 7) is 3.54. The Hall–Kier alpha value is -1.03. The van der Waals surface area contributed by atoms with Gasteiger partial charge in [0.25, 0.3) is 0 Å². The highest BCUT2D eigenvalue weighted by Crippen LogP contribution is 2.22. The highest BCUT2D eigenvalue weighted by molar-refractivity contribution is 6.35. The van der Waals surface area contributed by atoms with Crippen LogP contribution < -0.4 is 0 Å². The van der Waals surface area contributed by atoms with Crippen molar-refractivity contribution in [1.82, 2.24) is 9.55 Å². The Morgan fingerprint density at radius 3 is 2.78 bits per heavy atom. The molecule has 0 N–H and O–H groups in total. The first kappa shape index (κ1) is 18.3. The summed E-state index contributed by atoms with van der Waals surface area (Å²) in [4.78, 5) is 4.10. The van der Waals surface area contributed by atoms with Gasteiger partial charge in [0.15, 0.2) is 0 Å². The van der Waals surface area contributed by atoms with E-state index in [1.165, 1.54) is 25.7 Å². The summed E-state index contributed by atoms with van der Waals surface area (Å²) >= 11 is 12.2. The summed E-state index contributed by atoms with van der Waals surface area (Å²) in [6, 6.07) is 5.53. The van der Waals surface area contributed by atoms with Crippen LogP contribution in [-0.4, -0.2) is 15.7 Å². The second-order valence-corrected chi connectivity index (χ2v) is 6.62. The van der Waals surface area contributed by atoms with Crippen LogP contribution in [0.25, 0.3) is 0 Å². The molecule has 23 heavy (non-hydrogen) atoms. The first-order valence-electron chi connectivity index (χ1n) is 8.20. The van der Waals surface area contributed by atoms with Crippen LogP contribution in [0.1, 0.15) is 44.6 Å². The van der Waals surface area contributed by atoms with Crippen LogP contribution in [0.4, 0.5) is 0 Å². The maximum absolute atomic E-state index is 6.22. The van der Waals surface area contributed by atoms with E-state index < -0.39 is 0 Å². The highest BCUT2D eigenvalue weighted by Gasteiger charge is 2.11. The average molecular weight is 355 g/mol. The number of benzene rings is 1. The molecule has 0 radical (unpaired) electrons. The number of hydrogen-bond acceptors (Lipinski definition) is 2. The second-order valence-electron chi connectivity index (χ2n) is 5.78. The molecular formula is C18H24Cl2N2O. The Morgan fingerprint density at radius 2 is 2.09 bits per heavy atom. The maximum Gasteiger partial charge on any atom is 0.0946 e. The van der Waals surface area contributed by atoms with Gasteiger partial charge in [-0.3, -0.25) is 0 Å². The van der Waals surface area contributed by atoms with Crippen molar-refractivity contribution in [3.8, 4) is 0 Å². The van der Waals surface area contributed by atoms with Crippen LogP contribution in [0, 0.1) is 0 Å². The topological polar surface area (TPSA) is 27.1 Å². The fourth-order valence-electron chi connectivity index (χ4n) is 2.50. The Morgan fingerprint density at radius 1 is 1.22 bits per heavy atom. The lowest BCUT2D eigenvalue weighted by molar-refractivity contribution is 0.0221. The molecule has 0 saturated carbocycles. The van der Waals surface area contributed by atoms with Crippen LogP contribution in [-0.2, 0) is 17.9 Å². The van der Waals surface area contributed by atoms with Gasteiger partial charge < -0.3 is 9.30 Å². The summed E-state index contributed by atoms with van der Waals surface area (Å²) in [5.41, 5.74) is 0.972. The van der Waals surface area contributed by atoms with Crippen LogP contribution in [0.3, 0.4) is 0 Å². The van der Waals surface area contributed by atoms with Gasteiger partial charge in [-0.2, -0.15) is 0 Å². The largest absolute Gasteiger partial charge is 0.372 e. The molecule has 0 bridgehead atoms. The van der Waals surface area contributed by atoms with Crippen LogP contribution in [0.15, 0.2) is 36.9 Å². The molecule has 0 aliphatic rings. The summed E-state index contributed by atoms with van der Waals surface area (Å²) in [7, 11) is 0. The minimum Gasteiger partial charge on any atom is -0.372 e. The Balaban J connectivity index is 1.90. The van der Waals surface area contributed by atoms with Crippen LogP contribution >= 0.6 is 23.2 Å². The number of aromatic nitrogens is 2. The summed E-state index contributed by atoms with van der Waals surface area (Å²) in [5.74, 6) is 0. The van der Waals surface area contributed by atoms with Gasteiger partial charge in [0.2, 0.25) is 0 Å². The van der Waals surface area contributed by atoms with Gasteiger partial charge >= 0.3 is 0 Å². The van der Waals surface area contributed by atoms with Crippen molar-refractivity contribution in [1.29, 1.82) is 0 Å². The molecule has 3 nitrogen and oxygen atoms in total. The van der Waals surface area contributed by atoms with Gasteiger partial charge in [-0.15, -0.1) is 0 Å². The number of hydrogen-bond donors (Lipinski definition) is 0. The Bertz CT molecular complexity index is 572. The monoisotopic (exact) mass is 354 g/mol. The zero-order valence-electron chi connectivity index (χ0n) is 13.5. The maximum atomic E-state index is 6.22. The van der Waals surface area contributed by atoms with Gasteiger partial charge in [-0.25, -0.2) is 4.98 Å². The van der Waals surface area contributed by atoms with E-state index in [2.05, 4.69) is 16.5 Å². The third-order valence-electron chi connectivity index (χ3n) is 3.84. The average Bonchev–Trinajstić information content (AvgIpc) is 3.03. The molecule has 0 saturated heterocycles. The minimum absolute atomic E-state index is 0.160. The third-order valence-corrected chi connectivity index (χ3v) is 4.43. The van der Waals surface area contributed by atoms with E-state index in [9.17, 15) is 0 Å². The predicted molar refractivity (Wildman–Crippen MR) is 96.0 cm³/mol. The molecule has 0 aliphatic carbocycles. The number of unbranched alkanes of at least 4 members (excludes halogenated alkanes) is 3. The fraction of sp³-hybridized carbons (Fsp3) is 0.500. The van der Waals surface area contributed by atoms with Gasteiger partial charge in [0.1, 0.15) is 0 Å². The predicted octanol–water partition coefficient (Wildman–Crippen LogP) is 5.75. The van der Waals surface area contributed by atoms with Gasteiger partial charge in [-0.1, -0.05) is 61.9 Å². The van der Waals surface area contributed by atoms with Gasteiger partial charge in [-0.05, 0) is 24.1 Å². The lowest BCUT2D eigenvalue weighted by atomic mass is 10.1. The van der Waals surface area contributed by atoms with Crippen molar-refractivity contribution in [3.05, 3.63) is 52.5 Å². The van der Waals surface area contributed by atoms with E-state index in [0.717, 1.165) is 18.5 Å². The van der Waals surface area contributed by atoms with E-state index in [1.807, 2.05) is 24.7 Å². The van der Waals surface area contributed by atoms with Crippen LogP contribution in [0.5, 0.6) is 0 Å². The zero-order chi connectivity index (χ0) is 16.5. The van der Waals surface area contributed by atoms with Gasteiger partial charge in [0.05, 0.1) is 19.0 Å². The Labute approximate surface area is 148 Å². The van der Waals surface area contributed by atoms with Crippen molar-refractivity contribution >= 4 is 23.2 Å². The number of rotatable bonds is 10. The van der Waals surface area contributed by atoms with E-state index in [-0.39, 0.29) is 6.10 Å². The quantitative estimate of drug-likeness (QED) is 0.508. The van der Waals surface area contributed by atoms with Crippen molar-refractivity contribution in [2.24, 2.45) is 0 Å². The first-order chi connectivity index (χ1) is 11.2. The van der Waals surface area contributed by atoms with E-state index in [0.29, 0.717) is 16.7 Å². The van der Waals surface area contributed by atoms with Crippen molar-refractivity contribution in [3.63, 3.8) is 0 Å². The molecule has 0 fully saturated rings. The van der Waals surface area contributed by atoms with E-state index >= 15 is 0 Å². The summed E-state index contributed by atoms with van der Waals surface area (Å²) in [6.07, 6.45) is 11.8. The van der Waals surface area contributed by atoms with E-state index in [1.54, 1.807) is 12.3 Å². The molecule has 5 heteroatoms. The van der Waals surface area contributed by atoms with Crippen LogP contribution in [0.2, 0.25) is 10.0 Å². The van der Waals surface area contributed by atoms with Gasteiger partial charge in [0, 0.05) is 29.0 Å². The molecule has 0 aliphatic heterocycles.